The molecule has 3 fully saturated rings. The molecule has 0 amide bonds. The molecule has 1 aromatic heterocycles. The Hall–Kier alpha value is -1.96. The second-order valence-electron chi connectivity index (χ2n) is 10.3. The van der Waals surface area contributed by atoms with Crippen molar-refractivity contribution in [2.75, 3.05) is 5.75 Å². The van der Waals surface area contributed by atoms with E-state index in [0.717, 1.165) is 31.2 Å². The van der Waals surface area contributed by atoms with Crippen LogP contribution in [0.5, 0.6) is 0 Å². The van der Waals surface area contributed by atoms with Gasteiger partial charge in [-0.05, 0) is 45.7 Å². The number of sulfonamides is 1. The van der Waals surface area contributed by atoms with E-state index in [2.05, 4.69) is 9.71 Å². The first kappa shape index (κ1) is 26.6. The molecular weight excluding hydrogens is 518 g/mol. The van der Waals surface area contributed by atoms with E-state index in [4.69, 9.17) is 14.2 Å². The second kappa shape index (κ2) is 10.3. The molecule has 10 nitrogen and oxygen atoms in total. The summed E-state index contributed by atoms with van der Waals surface area (Å²) in [4.78, 5) is 26.5. The summed E-state index contributed by atoms with van der Waals surface area (Å²) in [6.07, 6.45) is 3.00. The van der Waals surface area contributed by atoms with Gasteiger partial charge in [0.05, 0.1) is 11.0 Å². The van der Waals surface area contributed by atoms with Gasteiger partial charge in [-0.3, -0.25) is 14.3 Å². The molecule has 2 saturated heterocycles. The van der Waals surface area contributed by atoms with Gasteiger partial charge in [-0.25, -0.2) is 17.9 Å². The molecule has 2 aliphatic heterocycles. The van der Waals surface area contributed by atoms with Crippen molar-refractivity contribution in [3.63, 3.8) is 0 Å². The lowest BCUT2D eigenvalue weighted by molar-refractivity contribution is -0.194. The summed E-state index contributed by atoms with van der Waals surface area (Å²) in [6.45, 7) is 5.56. The predicted octanol–water partition coefficient (Wildman–Crippen LogP) is 2.29. The third-order valence-electron chi connectivity index (χ3n) is 7.07. The van der Waals surface area contributed by atoms with Gasteiger partial charge in [0.2, 0.25) is 10.0 Å². The molecule has 2 aromatic rings. The highest BCUT2D eigenvalue weighted by Gasteiger charge is 2.56. The largest absolute Gasteiger partial charge is 0.348 e. The Morgan fingerprint density at radius 1 is 1.08 bits per heavy atom. The van der Waals surface area contributed by atoms with Crippen LogP contribution >= 0.6 is 11.8 Å². The molecule has 1 aromatic carbocycles. The number of ether oxygens (including phenoxy) is 3. The maximum Gasteiger partial charge on any atom is 0.330 e. The van der Waals surface area contributed by atoms with E-state index in [9.17, 15) is 18.0 Å². The van der Waals surface area contributed by atoms with Crippen LogP contribution in [0.1, 0.15) is 51.3 Å². The van der Waals surface area contributed by atoms with Gasteiger partial charge in [-0.15, -0.1) is 0 Å². The van der Waals surface area contributed by atoms with E-state index in [-0.39, 0.29) is 22.3 Å². The lowest BCUT2D eigenvalue weighted by Crippen LogP contribution is -2.44. The number of benzene rings is 1. The number of hydrogen-bond acceptors (Lipinski definition) is 8. The summed E-state index contributed by atoms with van der Waals surface area (Å²) in [7, 11) is -3.64. The topological polar surface area (TPSA) is 129 Å². The maximum atomic E-state index is 13.1. The first-order valence-corrected chi connectivity index (χ1v) is 15.1. The van der Waals surface area contributed by atoms with Crippen molar-refractivity contribution in [3.8, 4) is 0 Å². The minimum atomic E-state index is -3.64. The second-order valence-corrected chi connectivity index (χ2v) is 13.3. The molecular formula is C25H33N3O7S2. The Kier molecular flexibility index (Phi) is 7.42. The average Bonchev–Trinajstić information content (AvgIpc) is 3.31. The molecule has 0 bridgehead atoms. The van der Waals surface area contributed by atoms with Crippen molar-refractivity contribution in [1.82, 2.24) is 14.3 Å². The van der Waals surface area contributed by atoms with Crippen molar-refractivity contribution in [1.29, 1.82) is 0 Å². The van der Waals surface area contributed by atoms with Crippen LogP contribution in [0.4, 0.5) is 0 Å². The summed E-state index contributed by atoms with van der Waals surface area (Å²) in [5, 5.41) is 0.0706. The molecule has 3 aliphatic rings. The van der Waals surface area contributed by atoms with E-state index >= 15 is 0 Å². The molecule has 0 unspecified atom stereocenters. The van der Waals surface area contributed by atoms with Crippen molar-refractivity contribution in [3.05, 3.63) is 62.9 Å². The van der Waals surface area contributed by atoms with Crippen LogP contribution in [0.2, 0.25) is 0 Å². The summed E-state index contributed by atoms with van der Waals surface area (Å²) in [5.74, 6) is -0.300. The number of hydrogen-bond donors (Lipinski definition) is 2. The highest BCUT2D eigenvalue weighted by Crippen LogP contribution is 2.44. The Balaban J connectivity index is 1.30. The Morgan fingerprint density at radius 3 is 2.51 bits per heavy atom. The third kappa shape index (κ3) is 5.74. The Labute approximate surface area is 220 Å². The molecule has 1 aliphatic carbocycles. The highest BCUT2D eigenvalue weighted by molar-refractivity contribution is 8.00. The molecule has 6 atom stereocenters. The van der Waals surface area contributed by atoms with Gasteiger partial charge in [-0.1, -0.05) is 30.5 Å². The normalized spacial score (nSPS) is 31.3. The van der Waals surface area contributed by atoms with Crippen LogP contribution < -0.4 is 16.0 Å². The van der Waals surface area contributed by atoms with Crippen LogP contribution in [-0.4, -0.2) is 59.1 Å². The van der Waals surface area contributed by atoms with Gasteiger partial charge in [0, 0.05) is 29.3 Å². The molecule has 2 N–H and O–H groups in total. The summed E-state index contributed by atoms with van der Waals surface area (Å²) >= 11 is 1.66. The number of aromatic amines is 1. The number of H-pyrrole nitrogens is 1. The van der Waals surface area contributed by atoms with E-state index in [0.29, 0.717) is 5.75 Å². The van der Waals surface area contributed by atoms with Gasteiger partial charge >= 0.3 is 5.69 Å². The quantitative estimate of drug-likeness (QED) is 0.536. The van der Waals surface area contributed by atoms with Crippen LogP contribution in [0.3, 0.4) is 0 Å². The monoisotopic (exact) mass is 551 g/mol. The number of nitrogens with one attached hydrogen (secondary N) is 2. The third-order valence-corrected chi connectivity index (χ3v) is 10.1. The summed E-state index contributed by atoms with van der Waals surface area (Å²) in [6, 6.07) is 7.93. The van der Waals surface area contributed by atoms with Crippen LogP contribution in [0, 0.1) is 6.92 Å². The van der Waals surface area contributed by atoms with Gasteiger partial charge in [0.25, 0.3) is 5.56 Å². The van der Waals surface area contributed by atoms with Gasteiger partial charge < -0.3 is 14.2 Å². The minimum absolute atomic E-state index is 0.0706. The molecule has 0 spiro atoms. The molecule has 12 heteroatoms. The average molecular weight is 552 g/mol. The SMILES string of the molecule is Cc1ccc(S(=O)(=O)N[C@H]2CCCC[C@@H]2SC[C@H]2O[C@@H](n3ccc(=O)[nH]c3=O)[C@@H]3OC(C)(C)O[C@@H]32)cc1. The van der Waals surface area contributed by atoms with Crippen LogP contribution in [0.25, 0.3) is 0 Å². The van der Waals surface area contributed by atoms with E-state index in [1.54, 1.807) is 36.0 Å². The van der Waals surface area contributed by atoms with Crippen LogP contribution in [-0.2, 0) is 24.2 Å². The fraction of sp³-hybridized carbons (Fsp3) is 0.600. The number of fused-ring (bicyclic) bond motifs is 1. The molecule has 5 rings (SSSR count). The summed E-state index contributed by atoms with van der Waals surface area (Å²) < 4.78 is 48.9. The lowest BCUT2D eigenvalue weighted by Gasteiger charge is -2.32. The van der Waals surface area contributed by atoms with Gasteiger partial charge in [-0.2, -0.15) is 11.8 Å². The zero-order valence-corrected chi connectivity index (χ0v) is 22.7. The summed E-state index contributed by atoms with van der Waals surface area (Å²) in [5.41, 5.74) is -0.0531. The lowest BCUT2D eigenvalue weighted by atomic mass is 9.96. The van der Waals surface area contributed by atoms with Crippen molar-refractivity contribution >= 4 is 21.8 Å². The maximum absolute atomic E-state index is 13.1. The van der Waals surface area contributed by atoms with E-state index < -0.39 is 45.5 Å². The van der Waals surface area contributed by atoms with Crippen molar-refractivity contribution < 1.29 is 22.6 Å². The van der Waals surface area contributed by atoms with E-state index in [1.807, 2.05) is 20.8 Å². The number of thioether (sulfide) groups is 1. The molecule has 3 heterocycles. The standard InChI is InChI=1S/C25H33N3O7S2/c1-15-8-10-16(11-9-15)37(31,32)27-17-6-4-5-7-19(17)36-14-18-21-22(35-25(2,3)34-21)23(33-18)28-13-12-20(29)26-24(28)30/h8-13,17-19,21-23,27H,4-7,14H2,1-3H3,(H,26,29,30)/t17-,18+,19-,21+,22+,23+/m0/s1. The molecule has 1 saturated carbocycles. The number of aryl methyl sites for hydroxylation is 1. The smallest absolute Gasteiger partial charge is 0.330 e. The highest BCUT2D eigenvalue weighted by atomic mass is 32.2. The van der Waals surface area contributed by atoms with E-state index in [1.165, 1.54) is 16.8 Å². The fourth-order valence-electron chi connectivity index (χ4n) is 5.28. The minimum Gasteiger partial charge on any atom is -0.348 e. The zero-order valence-electron chi connectivity index (χ0n) is 21.1. The fourth-order valence-corrected chi connectivity index (χ4v) is 8.15. The Morgan fingerprint density at radius 2 is 1.78 bits per heavy atom. The molecule has 37 heavy (non-hydrogen) atoms. The van der Waals surface area contributed by atoms with Crippen molar-refractivity contribution in [2.45, 2.75) is 93.0 Å². The van der Waals surface area contributed by atoms with Gasteiger partial charge in [0.15, 0.2) is 12.0 Å². The number of aromatic nitrogens is 2. The number of rotatable bonds is 7. The number of nitrogens with zero attached hydrogens (tertiary/aromatic N) is 1. The van der Waals surface area contributed by atoms with Crippen molar-refractivity contribution in [2.24, 2.45) is 0 Å². The molecule has 202 valence electrons. The Bertz CT molecular complexity index is 1340. The first-order chi connectivity index (χ1) is 17.5. The zero-order chi connectivity index (χ0) is 26.4. The predicted molar refractivity (Wildman–Crippen MR) is 139 cm³/mol. The van der Waals surface area contributed by atoms with Crippen LogP contribution in [0.15, 0.2) is 51.0 Å². The van der Waals surface area contributed by atoms with Gasteiger partial charge in [0.1, 0.15) is 12.2 Å². The molecule has 0 radical (unpaired) electrons. The first-order valence-electron chi connectivity index (χ1n) is 12.6.